The minimum atomic E-state index is -0.975. The molecule has 80 valence electrons. The van der Waals surface area contributed by atoms with E-state index in [0.717, 1.165) is 11.0 Å². The zero-order valence-corrected chi connectivity index (χ0v) is 8.95. The van der Waals surface area contributed by atoms with E-state index >= 15 is 0 Å². The highest BCUT2D eigenvalue weighted by atomic mass is 32.2. The van der Waals surface area contributed by atoms with Crippen LogP contribution in [0.3, 0.4) is 0 Å². The molecule has 1 rings (SSSR count). The molecule has 0 bridgehead atoms. The molecule has 4 nitrogen and oxygen atoms in total. The standard InChI is InChI=1S/C10H11NO3S/c1-14-8-6-7(11)2-3-9(8)15-5-4-10(12)13/h2-6H,11H2,1H3,(H,12,13). The Balaban J connectivity index is 2.80. The number of hydrogen-bond acceptors (Lipinski definition) is 4. The van der Waals surface area contributed by atoms with Crippen LogP contribution in [0, 0.1) is 0 Å². The van der Waals surface area contributed by atoms with Crippen molar-refractivity contribution < 1.29 is 14.6 Å². The molecule has 1 aromatic carbocycles. The normalized spacial score (nSPS) is 10.5. The van der Waals surface area contributed by atoms with E-state index in [9.17, 15) is 4.79 Å². The third-order valence-corrected chi connectivity index (χ3v) is 2.46. The Morgan fingerprint density at radius 3 is 2.93 bits per heavy atom. The Labute approximate surface area is 91.7 Å². The molecular weight excluding hydrogens is 214 g/mol. The van der Waals surface area contributed by atoms with Gasteiger partial charge in [-0.3, -0.25) is 0 Å². The highest BCUT2D eigenvalue weighted by molar-refractivity contribution is 8.02. The van der Waals surface area contributed by atoms with Crippen LogP contribution in [0.5, 0.6) is 5.75 Å². The quantitative estimate of drug-likeness (QED) is 0.465. The zero-order chi connectivity index (χ0) is 11.3. The van der Waals surface area contributed by atoms with Crippen LogP contribution in [0.15, 0.2) is 34.6 Å². The van der Waals surface area contributed by atoms with Gasteiger partial charge in [-0.1, -0.05) is 11.8 Å². The first-order chi connectivity index (χ1) is 7.13. The van der Waals surface area contributed by atoms with Gasteiger partial charge in [-0.15, -0.1) is 0 Å². The van der Waals surface area contributed by atoms with Crippen LogP contribution in [-0.2, 0) is 4.79 Å². The summed E-state index contributed by atoms with van der Waals surface area (Å²) in [6, 6.07) is 5.21. The van der Waals surface area contributed by atoms with Gasteiger partial charge >= 0.3 is 5.97 Å². The number of nitrogens with two attached hydrogens (primary N) is 1. The van der Waals surface area contributed by atoms with Crippen LogP contribution in [0.2, 0.25) is 0 Å². The van der Waals surface area contributed by atoms with Gasteiger partial charge in [0.25, 0.3) is 0 Å². The second-order valence-electron chi connectivity index (χ2n) is 2.67. The lowest BCUT2D eigenvalue weighted by Gasteiger charge is -2.06. The lowest BCUT2D eigenvalue weighted by Crippen LogP contribution is -1.90. The smallest absolute Gasteiger partial charge is 0.328 e. The van der Waals surface area contributed by atoms with E-state index in [-0.39, 0.29) is 0 Å². The zero-order valence-electron chi connectivity index (χ0n) is 8.14. The molecule has 0 amide bonds. The predicted molar refractivity (Wildman–Crippen MR) is 60.0 cm³/mol. The number of benzene rings is 1. The molecule has 0 aliphatic carbocycles. The average Bonchev–Trinajstić information content (AvgIpc) is 2.19. The third-order valence-electron chi connectivity index (χ3n) is 1.59. The molecule has 0 radical (unpaired) electrons. The number of ether oxygens (including phenoxy) is 1. The molecule has 0 fully saturated rings. The van der Waals surface area contributed by atoms with Gasteiger partial charge in [0, 0.05) is 17.8 Å². The molecule has 5 heteroatoms. The first-order valence-corrected chi connectivity index (χ1v) is 5.01. The fourth-order valence-corrected chi connectivity index (χ4v) is 1.68. The molecule has 0 aromatic heterocycles. The predicted octanol–water partition coefficient (Wildman–Crippen LogP) is 1.97. The van der Waals surface area contributed by atoms with Crippen molar-refractivity contribution in [2.24, 2.45) is 0 Å². The number of aliphatic carboxylic acids is 1. The Morgan fingerprint density at radius 1 is 1.60 bits per heavy atom. The second kappa shape index (κ2) is 5.31. The van der Waals surface area contributed by atoms with E-state index in [2.05, 4.69) is 0 Å². The lowest BCUT2D eigenvalue weighted by molar-refractivity contribution is -0.131. The maximum absolute atomic E-state index is 10.2. The largest absolute Gasteiger partial charge is 0.495 e. The summed E-state index contributed by atoms with van der Waals surface area (Å²) in [5, 5.41) is 9.89. The molecular formula is C10H11NO3S. The fraction of sp³-hybridized carbons (Fsp3) is 0.100. The molecule has 0 spiro atoms. The van der Waals surface area contributed by atoms with Crippen LogP contribution >= 0.6 is 11.8 Å². The van der Waals surface area contributed by atoms with Gasteiger partial charge in [0.2, 0.25) is 0 Å². The van der Waals surface area contributed by atoms with E-state index in [1.807, 2.05) is 0 Å². The number of nitrogen functional groups attached to an aromatic ring is 1. The average molecular weight is 225 g/mol. The number of hydrogen-bond donors (Lipinski definition) is 2. The van der Waals surface area contributed by atoms with Gasteiger partial charge in [-0.25, -0.2) is 4.79 Å². The van der Waals surface area contributed by atoms with Gasteiger partial charge < -0.3 is 15.6 Å². The van der Waals surface area contributed by atoms with Crippen LogP contribution in [-0.4, -0.2) is 18.2 Å². The third kappa shape index (κ3) is 3.55. The SMILES string of the molecule is COc1cc(N)ccc1SC=CC(=O)O. The first kappa shape index (κ1) is 11.5. The van der Waals surface area contributed by atoms with Gasteiger partial charge in [-0.2, -0.15) is 0 Å². The van der Waals surface area contributed by atoms with Gasteiger partial charge in [-0.05, 0) is 17.5 Å². The topological polar surface area (TPSA) is 72.5 Å². The summed E-state index contributed by atoms with van der Waals surface area (Å²) in [5.74, 6) is -0.341. The van der Waals surface area contributed by atoms with Gasteiger partial charge in [0.05, 0.1) is 12.0 Å². The summed E-state index contributed by atoms with van der Waals surface area (Å²) in [5.41, 5.74) is 6.19. The summed E-state index contributed by atoms with van der Waals surface area (Å²) < 4.78 is 5.10. The number of carboxylic acids is 1. The molecule has 0 aliphatic heterocycles. The number of carboxylic acid groups (broad SMARTS) is 1. The van der Waals surface area contributed by atoms with E-state index in [4.69, 9.17) is 15.6 Å². The first-order valence-electron chi connectivity index (χ1n) is 4.13. The highest BCUT2D eigenvalue weighted by Crippen LogP contribution is 2.31. The fourth-order valence-electron chi connectivity index (χ4n) is 0.947. The molecule has 0 saturated carbocycles. The van der Waals surface area contributed by atoms with Crippen LogP contribution < -0.4 is 10.5 Å². The maximum Gasteiger partial charge on any atom is 0.328 e. The minimum Gasteiger partial charge on any atom is -0.495 e. The van der Waals surface area contributed by atoms with Crippen LogP contribution in [0.4, 0.5) is 5.69 Å². The lowest BCUT2D eigenvalue weighted by atomic mass is 10.3. The monoisotopic (exact) mass is 225 g/mol. The summed E-state index contributed by atoms with van der Waals surface area (Å²) in [6.45, 7) is 0. The number of anilines is 1. The number of thioether (sulfide) groups is 1. The van der Waals surface area contributed by atoms with Gasteiger partial charge in [0.1, 0.15) is 5.75 Å². The highest BCUT2D eigenvalue weighted by Gasteiger charge is 2.02. The second-order valence-corrected chi connectivity index (χ2v) is 3.62. The summed E-state index contributed by atoms with van der Waals surface area (Å²) in [4.78, 5) is 11.1. The van der Waals surface area contributed by atoms with Crippen molar-refractivity contribution in [3.63, 3.8) is 0 Å². The van der Waals surface area contributed by atoms with E-state index in [0.29, 0.717) is 11.4 Å². The van der Waals surface area contributed by atoms with E-state index < -0.39 is 5.97 Å². The molecule has 15 heavy (non-hydrogen) atoms. The molecule has 3 N–H and O–H groups in total. The van der Waals surface area contributed by atoms with Gasteiger partial charge in [0.15, 0.2) is 0 Å². The van der Waals surface area contributed by atoms with E-state index in [1.165, 1.54) is 17.2 Å². The molecule has 0 aliphatic rings. The Morgan fingerprint density at radius 2 is 2.33 bits per heavy atom. The molecule has 0 unspecified atom stereocenters. The summed E-state index contributed by atoms with van der Waals surface area (Å²) >= 11 is 1.27. The Bertz CT molecular complexity index is 390. The molecule has 0 heterocycles. The minimum absolute atomic E-state index is 0.610. The summed E-state index contributed by atoms with van der Waals surface area (Å²) in [6.07, 6.45) is 1.07. The van der Waals surface area contributed by atoms with Crippen molar-refractivity contribution in [2.75, 3.05) is 12.8 Å². The summed E-state index contributed by atoms with van der Waals surface area (Å²) in [7, 11) is 1.54. The van der Waals surface area contributed by atoms with Crippen molar-refractivity contribution in [3.05, 3.63) is 29.7 Å². The van der Waals surface area contributed by atoms with Crippen LogP contribution in [0.1, 0.15) is 0 Å². The van der Waals surface area contributed by atoms with E-state index in [1.54, 1.807) is 25.3 Å². The van der Waals surface area contributed by atoms with Crippen molar-refractivity contribution in [2.45, 2.75) is 4.90 Å². The number of rotatable bonds is 4. The molecule has 0 atom stereocenters. The van der Waals surface area contributed by atoms with Crippen molar-refractivity contribution in [1.29, 1.82) is 0 Å². The molecule has 1 aromatic rings. The van der Waals surface area contributed by atoms with Crippen LogP contribution in [0.25, 0.3) is 0 Å². The molecule has 0 saturated heterocycles. The maximum atomic E-state index is 10.2. The Kier molecular flexibility index (Phi) is 4.05. The number of methoxy groups -OCH3 is 1. The van der Waals surface area contributed by atoms with Crippen molar-refractivity contribution >= 4 is 23.4 Å². The Hall–Kier alpha value is -1.62. The van der Waals surface area contributed by atoms with Crippen molar-refractivity contribution in [1.82, 2.24) is 0 Å². The number of carbonyl (C=O) groups is 1. The van der Waals surface area contributed by atoms with Crippen molar-refractivity contribution in [3.8, 4) is 5.75 Å².